The van der Waals surface area contributed by atoms with Gasteiger partial charge in [0, 0.05) is 28.9 Å². The Hall–Kier alpha value is -4.15. The molecule has 0 spiro atoms. The van der Waals surface area contributed by atoms with Gasteiger partial charge in [-0.2, -0.15) is 0 Å². The quantitative estimate of drug-likeness (QED) is 0.373. The second kappa shape index (κ2) is 9.00. The van der Waals surface area contributed by atoms with Crippen molar-refractivity contribution in [3.8, 4) is 11.1 Å². The first-order chi connectivity index (χ1) is 16.1. The lowest BCUT2D eigenvalue weighted by Crippen LogP contribution is -2.14. The molecule has 8 nitrogen and oxygen atoms in total. The number of allylic oxidation sites excluding steroid dienone is 1. The first kappa shape index (κ1) is 23.0. The molecule has 4 rings (SSSR count). The number of fused-ring (bicyclic) bond motifs is 1. The molecule has 4 aromatic rings. The summed E-state index contributed by atoms with van der Waals surface area (Å²) in [5, 5.41) is 9.18. The van der Waals surface area contributed by atoms with Gasteiger partial charge in [0.25, 0.3) is 5.91 Å². The van der Waals surface area contributed by atoms with Crippen LogP contribution in [0, 0.1) is 0 Å². The third-order valence-electron chi connectivity index (χ3n) is 5.27. The van der Waals surface area contributed by atoms with E-state index in [4.69, 9.17) is 10.9 Å². The number of sulfonamides is 1. The van der Waals surface area contributed by atoms with Crippen molar-refractivity contribution in [2.45, 2.75) is 11.8 Å². The Morgan fingerprint density at radius 2 is 1.79 bits per heavy atom. The van der Waals surface area contributed by atoms with E-state index < -0.39 is 21.8 Å². The predicted molar refractivity (Wildman–Crippen MR) is 130 cm³/mol. The van der Waals surface area contributed by atoms with Gasteiger partial charge in [0.15, 0.2) is 5.83 Å². The molecule has 0 radical (unpaired) electrons. The highest BCUT2D eigenvalue weighted by Crippen LogP contribution is 2.28. The second-order valence-corrected chi connectivity index (χ2v) is 9.03. The smallest absolute Gasteiger partial charge is 0.285 e. The Balaban J connectivity index is 1.57. The maximum Gasteiger partial charge on any atom is 0.285 e. The molecule has 0 bridgehead atoms. The summed E-state index contributed by atoms with van der Waals surface area (Å²) in [6, 6.07) is 16.1. The number of hydrogen-bond donors (Lipinski definition) is 3. The van der Waals surface area contributed by atoms with Crippen LogP contribution in [0.25, 0.3) is 27.5 Å². The zero-order valence-corrected chi connectivity index (χ0v) is 18.8. The minimum Gasteiger partial charge on any atom is -0.383 e. The number of anilines is 2. The van der Waals surface area contributed by atoms with Crippen LogP contribution in [0.4, 0.5) is 16.0 Å². The van der Waals surface area contributed by atoms with Crippen molar-refractivity contribution in [3.05, 3.63) is 84.4 Å². The molecule has 0 saturated carbocycles. The van der Waals surface area contributed by atoms with Gasteiger partial charge in [0.05, 0.1) is 4.90 Å². The fourth-order valence-corrected chi connectivity index (χ4v) is 4.23. The highest BCUT2D eigenvalue weighted by molar-refractivity contribution is 7.89. The predicted octanol–water partition coefficient (Wildman–Crippen LogP) is 3.87. The van der Waals surface area contributed by atoms with E-state index in [1.54, 1.807) is 54.7 Å². The molecule has 0 saturated heterocycles. The van der Waals surface area contributed by atoms with Gasteiger partial charge in [-0.3, -0.25) is 4.79 Å². The number of rotatable bonds is 5. The number of carbonyl (C=O) groups excluding carboxylic acids is 1. The molecule has 172 valence electrons. The number of nitrogens with two attached hydrogens (primary N) is 2. The number of pyridine rings is 2. The zero-order chi connectivity index (χ0) is 24.5. The van der Waals surface area contributed by atoms with Crippen molar-refractivity contribution >= 4 is 43.9 Å². The Labute approximate surface area is 195 Å². The van der Waals surface area contributed by atoms with Gasteiger partial charge >= 0.3 is 0 Å². The largest absolute Gasteiger partial charge is 0.383 e. The highest BCUT2D eigenvalue weighted by atomic mass is 32.2. The van der Waals surface area contributed by atoms with E-state index in [2.05, 4.69) is 15.3 Å². The van der Waals surface area contributed by atoms with E-state index in [1.807, 2.05) is 0 Å². The molecule has 2 heterocycles. The van der Waals surface area contributed by atoms with Crippen molar-refractivity contribution in [1.29, 1.82) is 0 Å². The topological polar surface area (TPSA) is 141 Å². The van der Waals surface area contributed by atoms with E-state index in [0.29, 0.717) is 27.9 Å². The molecule has 2 aromatic carbocycles. The Morgan fingerprint density at radius 3 is 2.50 bits per heavy atom. The lowest BCUT2D eigenvalue weighted by atomic mass is 10.0. The molecule has 0 aliphatic heterocycles. The number of nitrogens with zero attached hydrogens (tertiary/aromatic N) is 2. The summed E-state index contributed by atoms with van der Waals surface area (Å²) in [4.78, 5) is 20.6. The summed E-state index contributed by atoms with van der Waals surface area (Å²) in [5.41, 5.74) is 7.35. The Bertz CT molecular complexity index is 1550. The van der Waals surface area contributed by atoms with Crippen LogP contribution in [0.3, 0.4) is 0 Å². The summed E-state index contributed by atoms with van der Waals surface area (Å²) in [5.74, 6) is -1.55. The molecular formula is C24H20FN5O3S. The summed E-state index contributed by atoms with van der Waals surface area (Å²) in [7, 11) is -3.94. The van der Waals surface area contributed by atoms with E-state index >= 15 is 0 Å². The summed E-state index contributed by atoms with van der Waals surface area (Å²) in [6.07, 6.45) is 2.95. The molecule has 5 N–H and O–H groups in total. The zero-order valence-electron chi connectivity index (χ0n) is 18.0. The van der Waals surface area contributed by atoms with E-state index in [0.717, 1.165) is 5.39 Å². The van der Waals surface area contributed by atoms with Crippen molar-refractivity contribution in [1.82, 2.24) is 9.97 Å². The van der Waals surface area contributed by atoms with Gasteiger partial charge in [-0.15, -0.1) is 0 Å². The summed E-state index contributed by atoms with van der Waals surface area (Å²) >= 11 is 0. The molecule has 0 aliphatic carbocycles. The number of primary sulfonamides is 1. The fourth-order valence-electron chi connectivity index (χ4n) is 3.47. The van der Waals surface area contributed by atoms with Crippen LogP contribution in [0.1, 0.15) is 12.5 Å². The molecule has 0 unspecified atom stereocenters. The molecular weight excluding hydrogens is 457 g/mol. The van der Waals surface area contributed by atoms with Crippen LogP contribution >= 0.6 is 0 Å². The molecule has 2 aromatic heterocycles. The van der Waals surface area contributed by atoms with Crippen LogP contribution in [0.2, 0.25) is 0 Å². The van der Waals surface area contributed by atoms with Crippen molar-refractivity contribution in [2.75, 3.05) is 11.1 Å². The average Bonchev–Trinajstić information content (AvgIpc) is 2.83. The molecule has 1 amide bonds. The normalized spacial score (nSPS) is 12.3. The SMILES string of the molecule is C/C(=C(\F)C(=O)Nc1ccc(-c2ccccc2S(N)(=O)=O)cn1)c1ccc2ccnc(N)c2c1. The standard InChI is InChI=1S/C24H20FN5O3S/c1-14(16-7-6-15-10-11-28-23(26)19(15)12-16)22(25)24(31)30-21-9-8-17(13-29-21)18-4-2-3-5-20(18)34(27,32)33/h2-13H,1H3,(H2,26,28)(H2,27,32,33)(H,29,30,31)/b22-14+. The third kappa shape index (κ3) is 4.63. The Kier molecular flexibility index (Phi) is 6.10. The minimum atomic E-state index is -3.94. The fraction of sp³-hybridized carbons (Fsp3) is 0.0417. The van der Waals surface area contributed by atoms with Gasteiger partial charge in [-0.05, 0) is 53.8 Å². The van der Waals surface area contributed by atoms with E-state index in [9.17, 15) is 17.6 Å². The lowest BCUT2D eigenvalue weighted by molar-refractivity contribution is -0.114. The number of halogens is 1. The van der Waals surface area contributed by atoms with Crippen molar-refractivity contribution in [3.63, 3.8) is 0 Å². The molecule has 0 atom stereocenters. The minimum absolute atomic E-state index is 0.0515. The highest BCUT2D eigenvalue weighted by Gasteiger charge is 2.17. The number of benzene rings is 2. The van der Waals surface area contributed by atoms with Crippen LogP contribution < -0.4 is 16.2 Å². The van der Waals surface area contributed by atoms with Gasteiger partial charge in [-0.1, -0.05) is 30.3 Å². The van der Waals surface area contributed by atoms with Crippen molar-refractivity contribution in [2.24, 2.45) is 5.14 Å². The van der Waals surface area contributed by atoms with Crippen LogP contribution in [-0.2, 0) is 14.8 Å². The molecule has 10 heteroatoms. The van der Waals surface area contributed by atoms with Crippen molar-refractivity contribution < 1.29 is 17.6 Å². The van der Waals surface area contributed by atoms with Crippen LogP contribution in [0.15, 0.2) is 83.8 Å². The van der Waals surface area contributed by atoms with Gasteiger partial charge in [0.2, 0.25) is 10.0 Å². The van der Waals surface area contributed by atoms with Crippen LogP contribution in [-0.4, -0.2) is 24.3 Å². The van der Waals surface area contributed by atoms with E-state index in [1.165, 1.54) is 25.3 Å². The number of hydrogen-bond acceptors (Lipinski definition) is 6. The second-order valence-electron chi connectivity index (χ2n) is 7.50. The maximum atomic E-state index is 14.9. The van der Waals surface area contributed by atoms with Gasteiger partial charge in [-0.25, -0.2) is 27.9 Å². The average molecular weight is 478 g/mol. The number of nitrogens with one attached hydrogen (secondary N) is 1. The maximum absolute atomic E-state index is 14.9. The van der Waals surface area contributed by atoms with Gasteiger partial charge < -0.3 is 11.1 Å². The van der Waals surface area contributed by atoms with Gasteiger partial charge in [0.1, 0.15) is 11.6 Å². The molecule has 0 fully saturated rings. The first-order valence-corrected chi connectivity index (χ1v) is 11.6. The van der Waals surface area contributed by atoms with E-state index in [-0.39, 0.29) is 16.3 Å². The first-order valence-electron chi connectivity index (χ1n) is 10.1. The third-order valence-corrected chi connectivity index (χ3v) is 6.24. The number of amides is 1. The Morgan fingerprint density at radius 1 is 1.03 bits per heavy atom. The summed E-state index contributed by atoms with van der Waals surface area (Å²) < 4.78 is 38.6. The number of carbonyl (C=O) groups is 1. The molecule has 0 aliphatic rings. The molecule has 34 heavy (non-hydrogen) atoms. The number of aromatic nitrogens is 2. The number of nitrogen functional groups attached to an aromatic ring is 1. The lowest BCUT2D eigenvalue weighted by Gasteiger charge is -2.10. The van der Waals surface area contributed by atoms with Crippen LogP contribution in [0.5, 0.6) is 0 Å². The summed E-state index contributed by atoms with van der Waals surface area (Å²) in [6.45, 7) is 1.49. The monoisotopic (exact) mass is 477 g/mol.